The molecule has 0 saturated carbocycles. The Bertz CT molecular complexity index is 741. The lowest BCUT2D eigenvalue weighted by atomic mass is 10.1. The van der Waals surface area contributed by atoms with Gasteiger partial charge in [0.1, 0.15) is 0 Å². The minimum Gasteiger partial charge on any atom is -0.371 e. The molecule has 29 heavy (non-hydrogen) atoms. The van der Waals surface area contributed by atoms with Crippen LogP contribution in [0.4, 0.5) is 5.69 Å². The quantitative estimate of drug-likeness (QED) is 0.657. The summed E-state index contributed by atoms with van der Waals surface area (Å²) in [4.78, 5) is 12.3. The molecule has 0 radical (unpaired) electrons. The maximum absolute atomic E-state index is 4.35. The highest BCUT2D eigenvalue weighted by atomic mass is 15.2. The van der Waals surface area contributed by atoms with Crippen LogP contribution in [0.5, 0.6) is 0 Å². The molecule has 4 rings (SSSR count). The molecule has 4 heteroatoms. The number of likely N-dealkylation sites (tertiary alicyclic amines) is 1. The van der Waals surface area contributed by atoms with E-state index in [0.717, 1.165) is 26.2 Å². The van der Waals surface area contributed by atoms with Crippen molar-refractivity contribution in [2.75, 3.05) is 37.6 Å². The highest BCUT2D eigenvalue weighted by Gasteiger charge is 2.26. The van der Waals surface area contributed by atoms with Crippen molar-refractivity contribution < 1.29 is 0 Å². The van der Waals surface area contributed by atoms with Crippen molar-refractivity contribution >= 4 is 5.69 Å². The van der Waals surface area contributed by atoms with Crippen LogP contribution < -0.4 is 4.90 Å². The zero-order valence-electron chi connectivity index (χ0n) is 18.0. The molecule has 0 N–H and O–H groups in total. The average molecular weight is 393 g/mol. The molecule has 2 aliphatic heterocycles. The second-order valence-electron chi connectivity index (χ2n) is 8.63. The van der Waals surface area contributed by atoms with Crippen LogP contribution in [0.15, 0.2) is 48.8 Å². The van der Waals surface area contributed by atoms with Crippen LogP contribution >= 0.6 is 0 Å². The van der Waals surface area contributed by atoms with Gasteiger partial charge in [0, 0.05) is 56.8 Å². The van der Waals surface area contributed by atoms with E-state index in [1.807, 2.05) is 12.4 Å². The smallest absolute Gasteiger partial charge is 0.0411 e. The van der Waals surface area contributed by atoms with Gasteiger partial charge in [-0.25, -0.2) is 0 Å². The molecule has 2 fully saturated rings. The van der Waals surface area contributed by atoms with Crippen molar-refractivity contribution in [1.82, 2.24) is 14.8 Å². The SMILES string of the molecule is CCN1CCC[C@@H]1CN(Cc1cccnc1)Cc1ccccc1N1CCCCC1. The van der Waals surface area contributed by atoms with Crippen LogP contribution in [0, 0.1) is 0 Å². The van der Waals surface area contributed by atoms with Crippen LogP contribution in [0.25, 0.3) is 0 Å². The minimum absolute atomic E-state index is 0.679. The van der Waals surface area contributed by atoms with Crippen molar-refractivity contribution in [1.29, 1.82) is 0 Å². The molecule has 2 aliphatic rings. The Hall–Kier alpha value is -1.91. The number of hydrogen-bond acceptors (Lipinski definition) is 4. The Morgan fingerprint density at radius 1 is 0.966 bits per heavy atom. The van der Waals surface area contributed by atoms with Gasteiger partial charge in [-0.05, 0) is 68.5 Å². The minimum atomic E-state index is 0.679. The molecule has 156 valence electrons. The van der Waals surface area contributed by atoms with E-state index in [2.05, 4.69) is 63.0 Å². The predicted octanol–water partition coefficient (Wildman–Crippen LogP) is 4.56. The molecule has 0 spiro atoms. The van der Waals surface area contributed by atoms with Crippen LogP contribution in [0.1, 0.15) is 50.2 Å². The summed E-state index contributed by atoms with van der Waals surface area (Å²) in [5, 5.41) is 0. The number of hydrogen-bond donors (Lipinski definition) is 0. The molecular formula is C25H36N4. The number of aromatic nitrogens is 1. The molecule has 0 amide bonds. The summed E-state index contributed by atoms with van der Waals surface area (Å²) in [7, 11) is 0. The summed E-state index contributed by atoms with van der Waals surface area (Å²) in [5.74, 6) is 0. The zero-order valence-corrected chi connectivity index (χ0v) is 18.0. The van der Waals surface area contributed by atoms with E-state index in [1.165, 1.54) is 68.6 Å². The van der Waals surface area contributed by atoms with Crippen molar-refractivity contribution in [3.05, 3.63) is 59.9 Å². The van der Waals surface area contributed by atoms with Gasteiger partial charge in [0.05, 0.1) is 0 Å². The van der Waals surface area contributed by atoms with Gasteiger partial charge in [0.2, 0.25) is 0 Å². The Labute approximate surface area is 176 Å². The van der Waals surface area contributed by atoms with E-state index in [0.29, 0.717) is 6.04 Å². The van der Waals surface area contributed by atoms with Crippen LogP contribution in [0.2, 0.25) is 0 Å². The molecular weight excluding hydrogens is 356 g/mol. The van der Waals surface area contributed by atoms with Gasteiger partial charge in [0.15, 0.2) is 0 Å². The summed E-state index contributed by atoms with van der Waals surface area (Å²) in [6.07, 6.45) is 10.6. The fraction of sp³-hybridized carbons (Fsp3) is 0.560. The highest BCUT2D eigenvalue weighted by Crippen LogP contribution is 2.27. The number of rotatable bonds is 8. The van der Waals surface area contributed by atoms with E-state index in [4.69, 9.17) is 0 Å². The van der Waals surface area contributed by atoms with Gasteiger partial charge in [-0.2, -0.15) is 0 Å². The number of likely N-dealkylation sites (N-methyl/N-ethyl adjacent to an activating group) is 1. The fourth-order valence-corrected chi connectivity index (χ4v) is 5.08. The third-order valence-corrected chi connectivity index (χ3v) is 6.59. The van der Waals surface area contributed by atoms with Gasteiger partial charge in [-0.15, -0.1) is 0 Å². The van der Waals surface area contributed by atoms with Crippen LogP contribution in [0.3, 0.4) is 0 Å². The number of pyridine rings is 1. The Morgan fingerprint density at radius 2 is 1.83 bits per heavy atom. The highest BCUT2D eigenvalue weighted by molar-refractivity contribution is 5.54. The van der Waals surface area contributed by atoms with Crippen molar-refractivity contribution in [3.8, 4) is 0 Å². The maximum atomic E-state index is 4.35. The summed E-state index contributed by atoms with van der Waals surface area (Å²) in [6, 6.07) is 14.0. The van der Waals surface area contributed by atoms with Crippen LogP contribution in [-0.4, -0.2) is 53.5 Å². The Balaban J connectivity index is 1.53. The standard InChI is InChI=1S/C25H36N4/c1-2-28-17-9-12-24(28)21-27(19-22-10-8-14-26-18-22)20-23-11-4-5-13-25(23)29-15-6-3-7-16-29/h4-5,8,10-11,13-14,18,24H,2-3,6-7,9,12,15-17,19-21H2,1H3/t24-/m1/s1. The molecule has 3 heterocycles. The molecule has 2 saturated heterocycles. The fourth-order valence-electron chi connectivity index (χ4n) is 5.08. The van der Waals surface area contributed by atoms with Gasteiger partial charge in [0.25, 0.3) is 0 Å². The lowest BCUT2D eigenvalue weighted by molar-refractivity contribution is 0.166. The molecule has 1 atom stereocenters. The van der Waals surface area contributed by atoms with Crippen molar-refractivity contribution in [3.63, 3.8) is 0 Å². The van der Waals surface area contributed by atoms with Gasteiger partial charge in [-0.3, -0.25) is 14.8 Å². The molecule has 2 aromatic rings. The third-order valence-electron chi connectivity index (χ3n) is 6.59. The maximum Gasteiger partial charge on any atom is 0.0411 e. The van der Waals surface area contributed by atoms with Crippen LogP contribution in [-0.2, 0) is 13.1 Å². The molecule has 1 aromatic heterocycles. The van der Waals surface area contributed by atoms with Gasteiger partial charge in [-0.1, -0.05) is 31.2 Å². The predicted molar refractivity (Wildman–Crippen MR) is 121 cm³/mol. The topological polar surface area (TPSA) is 22.6 Å². The molecule has 1 aromatic carbocycles. The summed E-state index contributed by atoms with van der Waals surface area (Å²) >= 11 is 0. The zero-order chi connectivity index (χ0) is 19.9. The van der Waals surface area contributed by atoms with Crippen molar-refractivity contribution in [2.45, 2.75) is 58.2 Å². The van der Waals surface area contributed by atoms with E-state index in [1.54, 1.807) is 0 Å². The lowest BCUT2D eigenvalue weighted by Crippen LogP contribution is -2.40. The number of anilines is 1. The van der Waals surface area contributed by atoms with Gasteiger partial charge < -0.3 is 4.90 Å². The molecule has 0 unspecified atom stereocenters. The lowest BCUT2D eigenvalue weighted by Gasteiger charge is -2.34. The number of benzene rings is 1. The number of para-hydroxylation sites is 1. The molecule has 4 nitrogen and oxygen atoms in total. The molecule has 0 aliphatic carbocycles. The Morgan fingerprint density at radius 3 is 2.62 bits per heavy atom. The second kappa shape index (κ2) is 10.2. The monoisotopic (exact) mass is 392 g/mol. The number of nitrogens with zero attached hydrogens (tertiary/aromatic N) is 4. The van der Waals surface area contributed by atoms with E-state index in [9.17, 15) is 0 Å². The van der Waals surface area contributed by atoms with Gasteiger partial charge >= 0.3 is 0 Å². The first-order valence-electron chi connectivity index (χ1n) is 11.5. The van der Waals surface area contributed by atoms with E-state index < -0.39 is 0 Å². The van der Waals surface area contributed by atoms with E-state index >= 15 is 0 Å². The largest absolute Gasteiger partial charge is 0.371 e. The third kappa shape index (κ3) is 5.37. The van der Waals surface area contributed by atoms with Crippen molar-refractivity contribution in [2.24, 2.45) is 0 Å². The first kappa shape index (κ1) is 20.4. The average Bonchev–Trinajstić information content (AvgIpc) is 3.22. The summed E-state index contributed by atoms with van der Waals surface area (Å²) in [6.45, 7) is 10.2. The van der Waals surface area contributed by atoms with E-state index in [-0.39, 0.29) is 0 Å². The first-order valence-corrected chi connectivity index (χ1v) is 11.5. The summed E-state index contributed by atoms with van der Waals surface area (Å²) in [5.41, 5.74) is 4.23. The second-order valence-corrected chi connectivity index (χ2v) is 8.63. The summed E-state index contributed by atoms with van der Waals surface area (Å²) < 4.78 is 0. The molecule has 0 bridgehead atoms. The Kier molecular flexibility index (Phi) is 7.18. The normalized spacial score (nSPS) is 20.5. The first-order chi connectivity index (χ1) is 14.3. The number of piperidine rings is 1.